The van der Waals surface area contributed by atoms with Gasteiger partial charge in [-0.2, -0.15) is 0 Å². The first kappa shape index (κ1) is 19.3. The van der Waals surface area contributed by atoms with Crippen LogP contribution in [0.1, 0.15) is 32.9 Å². The number of aliphatic hydroxyl groups excluding tert-OH is 1. The fraction of sp³-hybridized carbons (Fsp3) is 0.450. The highest BCUT2D eigenvalue weighted by Gasteiger charge is 2.15. The molecule has 1 aromatic carbocycles. The second-order valence-electron chi connectivity index (χ2n) is 6.38. The molecule has 1 aromatic heterocycles. The molecule has 4 nitrogen and oxygen atoms in total. The molecule has 0 amide bonds. The number of halogens is 1. The van der Waals surface area contributed by atoms with Crippen molar-refractivity contribution in [2.24, 2.45) is 5.92 Å². The molecule has 0 aliphatic rings. The first-order chi connectivity index (χ1) is 12.1. The van der Waals surface area contributed by atoms with Gasteiger partial charge in [0.15, 0.2) is 0 Å². The smallest absolute Gasteiger partial charge is 0.146 e. The van der Waals surface area contributed by atoms with E-state index in [1.807, 2.05) is 38.1 Å². The molecule has 0 unspecified atom stereocenters. The zero-order valence-corrected chi connectivity index (χ0v) is 15.1. The van der Waals surface area contributed by atoms with Gasteiger partial charge in [-0.25, -0.2) is 9.37 Å². The predicted octanol–water partition coefficient (Wildman–Crippen LogP) is 3.78. The Kier molecular flexibility index (Phi) is 7.34. The van der Waals surface area contributed by atoms with Crippen molar-refractivity contribution in [3.63, 3.8) is 0 Å². The van der Waals surface area contributed by atoms with Crippen molar-refractivity contribution in [3.8, 4) is 17.0 Å². The van der Waals surface area contributed by atoms with E-state index in [2.05, 4.69) is 17.2 Å². The number of rotatable bonds is 9. The third-order valence-electron chi connectivity index (χ3n) is 4.08. The van der Waals surface area contributed by atoms with E-state index in [4.69, 9.17) is 4.74 Å². The fourth-order valence-electron chi connectivity index (χ4n) is 2.51. The second-order valence-corrected chi connectivity index (χ2v) is 6.38. The maximum absolute atomic E-state index is 14.1. The van der Waals surface area contributed by atoms with Gasteiger partial charge in [-0.1, -0.05) is 32.9 Å². The zero-order valence-electron chi connectivity index (χ0n) is 15.1. The van der Waals surface area contributed by atoms with Crippen LogP contribution in [0.5, 0.6) is 5.75 Å². The molecule has 0 bridgehead atoms. The van der Waals surface area contributed by atoms with Crippen LogP contribution in [-0.2, 0) is 6.54 Å². The van der Waals surface area contributed by atoms with Crippen molar-refractivity contribution in [3.05, 3.63) is 47.9 Å². The lowest BCUT2D eigenvalue weighted by atomic mass is 10.1. The average Bonchev–Trinajstić information content (AvgIpc) is 2.62. The molecule has 2 N–H and O–H groups in total. The number of ether oxygens (including phenoxy) is 1. The van der Waals surface area contributed by atoms with Crippen molar-refractivity contribution in [1.82, 2.24) is 10.3 Å². The Balaban J connectivity index is 2.24. The first-order valence-electron chi connectivity index (χ1n) is 8.78. The van der Waals surface area contributed by atoms with Crippen LogP contribution in [0.4, 0.5) is 4.39 Å². The van der Waals surface area contributed by atoms with Crippen molar-refractivity contribution >= 4 is 0 Å². The predicted molar refractivity (Wildman–Crippen MR) is 98.0 cm³/mol. The summed E-state index contributed by atoms with van der Waals surface area (Å²) in [7, 11) is 0. The van der Waals surface area contributed by atoms with Gasteiger partial charge in [0.2, 0.25) is 0 Å². The van der Waals surface area contributed by atoms with Crippen molar-refractivity contribution < 1.29 is 14.2 Å². The number of pyridine rings is 1. The number of para-hydroxylation sites is 1. The molecule has 0 fully saturated rings. The number of hydrogen-bond acceptors (Lipinski definition) is 4. The molecule has 25 heavy (non-hydrogen) atoms. The summed E-state index contributed by atoms with van der Waals surface area (Å²) in [4.78, 5) is 4.48. The van der Waals surface area contributed by atoms with Gasteiger partial charge in [-0.05, 0) is 36.6 Å². The molecule has 0 aliphatic heterocycles. The minimum atomic E-state index is -0.358. The highest BCUT2D eigenvalue weighted by Crippen LogP contribution is 2.29. The summed E-state index contributed by atoms with van der Waals surface area (Å²) >= 11 is 0. The normalized spacial score (nSPS) is 12.4. The zero-order chi connectivity index (χ0) is 18.2. The first-order valence-corrected chi connectivity index (χ1v) is 8.78. The summed E-state index contributed by atoms with van der Waals surface area (Å²) in [6.07, 6.45) is 0.915. The minimum Gasteiger partial charge on any atom is -0.493 e. The lowest BCUT2D eigenvalue weighted by Crippen LogP contribution is -2.36. The van der Waals surface area contributed by atoms with Gasteiger partial charge in [0.25, 0.3) is 0 Å². The highest BCUT2D eigenvalue weighted by molar-refractivity contribution is 5.67. The maximum Gasteiger partial charge on any atom is 0.146 e. The van der Waals surface area contributed by atoms with Crippen LogP contribution in [0.25, 0.3) is 11.3 Å². The lowest BCUT2D eigenvalue weighted by Gasteiger charge is -2.20. The Morgan fingerprint density at radius 1 is 1.20 bits per heavy atom. The van der Waals surface area contributed by atoms with Gasteiger partial charge in [0.1, 0.15) is 11.6 Å². The van der Waals surface area contributed by atoms with Crippen molar-refractivity contribution in [2.75, 3.05) is 13.2 Å². The second kappa shape index (κ2) is 9.49. The van der Waals surface area contributed by atoms with Crippen LogP contribution in [0.15, 0.2) is 36.4 Å². The quantitative estimate of drug-likeness (QED) is 0.725. The molecular weight excluding hydrogens is 319 g/mol. The summed E-state index contributed by atoms with van der Waals surface area (Å²) in [5.74, 6) is 0.640. The van der Waals surface area contributed by atoms with E-state index in [1.165, 1.54) is 6.07 Å². The molecule has 136 valence electrons. The maximum atomic E-state index is 14.1. The topological polar surface area (TPSA) is 54.4 Å². The Morgan fingerprint density at radius 2 is 1.96 bits per heavy atom. The van der Waals surface area contributed by atoms with Gasteiger partial charge in [0.05, 0.1) is 24.6 Å². The Hall–Kier alpha value is -1.98. The van der Waals surface area contributed by atoms with Crippen LogP contribution < -0.4 is 10.1 Å². The van der Waals surface area contributed by atoms with Gasteiger partial charge >= 0.3 is 0 Å². The van der Waals surface area contributed by atoms with E-state index in [0.29, 0.717) is 18.0 Å². The third-order valence-corrected chi connectivity index (χ3v) is 4.08. The minimum absolute atomic E-state index is 0.00661. The lowest BCUT2D eigenvalue weighted by molar-refractivity contribution is 0.209. The molecule has 2 aromatic rings. The summed E-state index contributed by atoms with van der Waals surface area (Å²) < 4.78 is 19.9. The van der Waals surface area contributed by atoms with Crippen LogP contribution in [-0.4, -0.2) is 29.3 Å². The number of hydrogen-bond donors (Lipinski definition) is 2. The van der Waals surface area contributed by atoms with Gasteiger partial charge < -0.3 is 15.2 Å². The molecule has 0 aliphatic carbocycles. The number of benzene rings is 1. The summed E-state index contributed by atoms with van der Waals surface area (Å²) in [5.41, 5.74) is 1.86. The molecular formula is C20H27FN2O2. The molecule has 0 saturated carbocycles. The molecule has 1 heterocycles. The van der Waals surface area contributed by atoms with E-state index in [0.717, 1.165) is 17.7 Å². The van der Waals surface area contributed by atoms with Gasteiger partial charge in [-0.15, -0.1) is 0 Å². The SMILES string of the molecule is CCCOc1ccccc1-c1ccc(F)c(CN[C@@H](CO)C(C)C)n1. The number of nitrogens with one attached hydrogen (secondary N) is 1. The standard InChI is InChI=1S/C20H27FN2O2/c1-4-11-25-20-8-6-5-7-15(20)17-10-9-16(21)18(23-17)12-22-19(13-24)14(2)3/h5-10,14,19,22,24H,4,11-13H2,1-3H3/t19-/m0/s1. The summed E-state index contributed by atoms with van der Waals surface area (Å²) in [6.45, 7) is 6.96. The summed E-state index contributed by atoms with van der Waals surface area (Å²) in [6, 6.07) is 10.6. The highest BCUT2D eigenvalue weighted by atomic mass is 19.1. The largest absolute Gasteiger partial charge is 0.493 e. The molecule has 2 rings (SSSR count). The third kappa shape index (κ3) is 5.25. The number of aromatic nitrogens is 1. The summed E-state index contributed by atoms with van der Waals surface area (Å²) in [5, 5.41) is 12.6. The van der Waals surface area contributed by atoms with Crippen LogP contribution in [0.3, 0.4) is 0 Å². The molecule has 1 atom stereocenters. The van der Waals surface area contributed by atoms with E-state index in [9.17, 15) is 9.50 Å². The Bertz CT molecular complexity index is 676. The Morgan fingerprint density at radius 3 is 2.64 bits per heavy atom. The van der Waals surface area contributed by atoms with E-state index in [1.54, 1.807) is 6.07 Å². The van der Waals surface area contributed by atoms with Gasteiger partial charge in [0, 0.05) is 18.2 Å². The van der Waals surface area contributed by atoms with Crippen LogP contribution >= 0.6 is 0 Å². The van der Waals surface area contributed by atoms with E-state index < -0.39 is 0 Å². The van der Waals surface area contributed by atoms with E-state index >= 15 is 0 Å². The Labute approximate surface area is 149 Å². The van der Waals surface area contributed by atoms with Crippen LogP contribution in [0.2, 0.25) is 0 Å². The van der Waals surface area contributed by atoms with Crippen LogP contribution in [0, 0.1) is 11.7 Å². The number of aliphatic hydroxyl groups is 1. The molecule has 5 heteroatoms. The van der Waals surface area contributed by atoms with E-state index in [-0.39, 0.29) is 30.9 Å². The number of nitrogens with zero attached hydrogens (tertiary/aromatic N) is 1. The van der Waals surface area contributed by atoms with Crippen molar-refractivity contribution in [1.29, 1.82) is 0 Å². The van der Waals surface area contributed by atoms with Gasteiger partial charge in [-0.3, -0.25) is 0 Å². The molecule has 0 saturated heterocycles. The van der Waals surface area contributed by atoms with Crippen molar-refractivity contribution in [2.45, 2.75) is 39.8 Å². The molecule has 0 spiro atoms. The monoisotopic (exact) mass is 346 g/mol. The molecule has 0 radical (unpaired) electrons. The average molecular weight is 346 g/mol. The fourth-order valence-corrected chi connectivity index (χ4v) is 2.51.